The van der Waals surface area contributed by atoms with E-state index in [1.807, 2.05) is 12.1 Å². The molecule has 5 heteroatoms. The molecule has 1 aromatic carbocycles. The molecule has 1 fully saturated rings. The number of nitrogens with one attached hydrogen (secondary N) is 1. The third-order valence-corrected chi connectivity index (χ3v) is 2.89. The molecule has 0 unspecified atom stereocenters. The molecule has 0 atom stereocenters. The highest BCUT2D eigenvalue weighted by atomic mass is 32.2. The van der Waals surface area contributed by atoms with Gasteiger partial charge in [0.25, 0.3) is 5.76 Å². The Morgan fingerprint density at radius 2 is 2.07 bits per heavy atom. The van der Waals surface area contributed by atoms with Gasteiger partial charge in [-0.15, -0.1) is 0 Å². The summed E-state index contributed by atoms with van der Waals surface area (Å²) in [7, 11) is 0. The molecule has 0 spiro atoms. The zero-order valence-electron chi connectivity index (χ0n) is 7.95. The minimum atomic E-state index is -2.38. The number of anilines is 1. The van der Waals surface area contributed by atoms with Gasteiger partial charge in [-0.05, 0) is 12.1 Å². The van der Waals surface area contributed by atoms with Crippen molar-refractivity contribution in [2.75, 3.05) is 18.5 Å². The summed E-state index contributed by atoms with van der Waals surface area (Å²) in [5, 5.41) is 3.17. The summed E-state index contributed by atoms with van der Waals surface area (Å²) in [6.07, 6.45) is 0. The number of hydrogen-bond acceptors (Lipinski definition) is 3. The molecule has 0 saturated carbocycles. The third kappa shape index (κ3) is 2.82. The number of halogens is 2. The van der Waals surface area contributed by atoms with E-state index in [1.54, 1.807) is 12.1 Å². The van der Waals surface area contributed by atoms with Crippen molar-refractivity contribution in [3.63, 3.8) is 0 Å². The minimum absolute atomic E-state index is 0.254. The molecule has 0 aliphatic carbocycles. The Morgan fingerprint density at radius 3 is 2.67 bits per heavy atom. The summed E-state index contributed by atoms with van der Waals surface area (Å²) in [6.45, 7) is 1.29. The average molecular weight is 231 g/mol. The van der Waals surface area contributed by atoms with Crippen molar-refractivity contribution in [3.05, 3.63) is 24.3 Å². The van der Waals surface area contributed by atoms with Gasteiger partial charge in [0, 0.05) is 10.6 Å². The second-order valence-electron chi connectivity index (χ2n) is 3.25. The van der Waals surface area contributed by atoms with E-state index in [4.69, 9.17) is 4.74 Å². The predicted molar refractivity (Wildman–Crippen MR) is 56.5 cm³/mol. The van der Waals surface area contributed by atoms with Crippen molar-refractivity contribution < 1.29 is 13.5 Å². The number of rotatable bonds is 4. The average Bonchev–Trinajstić information content (AvgIpc) is 2.13. The summed E-state index contributed by atoms with van der Waals surface area (Å²) in [4.78, 5) is 0.583. The van der Waals surface area contributed by atoms with Crippen molar-refractivity contribution in [1.29, 1.82) is 0 Å². The maximum absolute atomic E-state index is 12.2. The van der Waals surface area contributed by atoms with E-state index in [-0.39, 0.29) is 6.04 Å². The molecule has 1 heterocycles. The molecule has 2 nitrogen and oxygen atoms in total. The van der Waals surface area contributed by atoms with Crippen LogP contribution in [0.2, 0.25) is 0 Å². The molecular formula is C10H11F2NOS. The smallest absolute Gasteiger partial charge is 0.288 e. The van der Waals surface area contributed by atoms with Gasteiger partial charge in [0.15, 0.2) is 0 Å². The fraction of sp³-hybridized carbons (Fsp3) is 0.400. The predicted octanol–water partition coefficient (Wildman–Crippen LogP) is 2.81. The van der Waals surface area contributed by atoms with E-state index in [1.165, 1.54) is 0 Å². The molecule has 1 saturated heterocycles. The van der Waals surface area contributed by atoms with E-state index in [2.05, 4.69) is 5.32 Å². The Kier molecular flexibility index (Phi) is 3.43. The third-order valence-electron chi connectivity index (χ3n) is 2.10. The number of thioether (sulfide) groups is 1. The first-order valence-corrected chi connectivity index (χ1v) is 5.52. The largest absolute Gasteiger partial charge is 0.377 e. The first-order valence-electron chi connectivity index (χ1n) is 4.64. The molecule has 0 aromatic heterocycles. The number of alkyl halides is 2. The van der Waals surface area contributed by atoms with Crippen LogP contribution >= 0.6 is 11.8 Å². The van der Waals surface area contributed by atoms with Gasteiger partial charge in [-0.3, -0.25) is 0 Å². The Labute approximate surface area is 91.0 Å². The lowest BCUT2D eigenvalue weighted by atomic mass is 10.2. The Balaban J connectivity index is 2.06. The number of para-hydroxylation sites is 1. The van der Waals surface area contributed by atoms with Crippen LogP contribution in [0.4, 0.5) is 14.5 Å². The van der Waals surface area contributed by atoms with Crippen LogP contribution < -0.4 is 5.32 Å². The van der Waals surface area contributed by atoms with E-state index >= 15 is 0 Å². The van der Waals surface area contributed by atoms with Gasteiger partial charge in [-0.1, -0.05) is 23.9 Å². The van der Waals surface area contributed by atoms with Gasteiger partial charge >= 0.3 is 0 Å². The molecule has 1 N–H and O–H groups in total. The first-order chi connectivity index (χ1) is 7.25. The second kappa shape index (κ2) is 4.81. The van der Waals surface area contributed by atoms with Gasteiger partial charge in [0.1, 0.15) is 0 Å². The highest BCUT2D eigenvalue weighted by Crippen LogP contribution is 2.32. The van der Waals surface area contributed by atoms with Crippen LogP contribution in [0.3, 0.4) is 0 Å². The topological polar surface area (TPSA) is 21.3 Å². The maximum atomic E-state index is 12.2. The molecular weight excluding hydrogens is 220 g/mol. The summed E-state index contributed by atoms with van der Waals surface area (Å²) in [5.74, 6) is -2.38. The molecule has 2 rings (SSSR count). The molecule has 15 heavy (non-hydrogen) atoms. The number of hydrogen-bond donors (Lipinski definition) is 1. The van der Waals surface area contributed by atoms with Crippen molar-refractivity contribution in [2.24, 2.45) is 0 Å². The van der Waals surface area contributed by atoms with Crippen LogP contribution in [0.5, 0.6) is 0 Å². The summed E-state index contributed by atoms with van der Waals surface area (Å²) in [6, 6.07) is 7.34. The number of ether oxygens (including phenoxy) is 1. The summed E-state index contributed by atoms with van der Waals surface area (Å²) in [5.41, 5.74) is 0.760. The normalized spacial score (nSPS) is 16.5. The molecule has 1 aliphatic heterocycles. The second-order valence-corrected chi connectivity index (χ2v) is 4.29. The van der Waals surface area contributed by atoms with E-state index in [0.717, 1.165) is 5.69 Å². The first kappa shape index (κ1) is 10.7. The van der Waals surface area contributed by atoms with Crippen molar-refractivity contribution in [3.8, 4) is 0 Å². The van der Waals surface area contributed by atoms with Crippen LogP contribution in [0, 0.1) is 0 Å². The zero-order chi connectivity index (χ0) is 10.7. The summed E-state index contributed by atoms with van der Waals surface area (Å²) >= 11 is 0.565. The molecule has 0 amide bonds. The molecule has 0 radical (unpaired) electrons. The minimum Gasteiger partial charge on any atom is -0.377 e. The van der Waals surface area contributed by atoms with Gasteiger partial charge in [0.05, 0.1) is 19.3 Å². The van der Waals surface area contributed by atoms with Crippen molar-refractivity contribution in [1.82, 2.24) is 0 Å². The maximum Gasteiger partial charge on any atom is 0.288 e. The lowest BCUT2D eigenvalue weighted by Crippen LogP contribution is -2.40. The fourth-order valence-electron chi connectivity index (χ4n) is 1.32. The van der Waals surface area contributed by atoms with Gasteiger partial charge in [0.2, 0.25) is 0 Å². The lowest BCUT2D eigenvalue weighted by Gasteiger charge is -2.28. The van der Waals surface area contributed by atoms with Gasteiger partial charge < -0.3 is 10.1 Å². The fourth-order valence-corrected chi connectivity index (χ4v) is 1.93. The molecule has 0 bridgehead atoms. The SMILES string of the molecule is FC(F)Sc1ccccc1NC1COC1. The van der Waals surface area contributed by atoms with Crippen LogP contribution in [-0.2, 0) is 4.74 Å². The molecule has 82 valence electrons. The monoisotopic (exact) mass is 231 g/mol. The van der Waals surface area contributed by atoms with Crippen LogP contribution in [0.15, 0.2) is 29.2 Å². The standard InChI is InChI=1S/C10H11F2NOS/c11-10(12)15-9-4-2-1-3-8(9)13-7-5-14-6-7/h1-4,7,10,13H,5-6H2. The molecule has 1 aliphatic rings. The van der Waals surface area contributed by atoms with E-state index in [9.17, 15) is 8.78 Å². The van der Waals surface area contributed by atoms with Crippen LogP contribution in [-0.4, -0.2) is 25.0 Å². The number of benzene rings is 1. The van der Waals surface area contributed by atoms with Crippen molar-refractivity contribution in [2.45, 2.75) is 16.7 Å². The summed E-state index contributed by atoms with van der Waals surface area (Å²) < 4.78 is 29.5. The zero-order valence-corrected chi connectivity index (χ0v) is 8.77. The van der Waals surface area contributed by atoms with Crippen LogP contribution in [0.1, 0.15) is 0 Å². The van der Waals surface area contributed by atoms with E-state index in [0.29, 0.717) is 29.9 Å². The van der Waals surface area contributed by atoms with Crippen molar-refractivity contribution >= 4 is 17.4 Å². The lowest BCUT2D eigenvalue weighted by molar-refractivity contribution is 0.0210. The highest BCUT2D eigenvalue weighted by molar-refractivity contribution is 7.99. The Hall–Kier alpha value is -0.810. The van der Waals surface area contributed by atoms with Gasteiger partial charge in [-0.25, -0.2) is 0 Å². The van der Waals surface area contributed by atoms with Gasteiger partial charge in [-0.2, -0.15) is 8.78 Å². The highest BCUT2D eigenvalue weighted by Gasteiger charge is 2.19. The Bertz CT molecular complexity index is 331. The van der Waals surface area contributed by atoms with E-state index < -0.39 is 5.76 Å². The van der Waals surface area contributed by atoms with Crippen LogP contribution in [0.25, 0.3) is 0 Å². The quantitative estimate of drug-likeness (QED) is 0.805. The molecule has 1 aromatic rings. The Morgan fingerprint density at radius 1 is 1.33 bits per heavy atom.